The fraction of sp³-hybridized carbons (Fsp3) is 0.560. The van der Waals surface area contributed by atoms with Crippen LogP contribution in [0.4, 0.5) is 17.5 Å². The number of anilines is 3. The molecule has 0 radical (unpaired) electrons. The van der Waals surface area contributed by atoms with Gasteiger partial charge in [-0.2, -0.15) is 4.98 Å². The fourth-order valence-electron chi connectivity index (χ4n) is 4.79. The molecule has 1 amide bonds. The lowest BCUT2D eigenvalue weighted by Crippen LogP contribution is -2.35. The Bertz CT molecular complexity index is 946. The van der Waals surface area contributed by atoms with Gasteiger partial charge in [0.25, 0.3) is 0 Å². The molecule has 0 fully saturated rings. The molecule has 1 aromatic heterocycles. The maximum Gasteiger partial charge on any atom is 0.250 e. The molecule has 1 aliphatic rings. The van der Waals surface area contributed by atoms with E-state index in [9.17, 15) is 4.79 Å². The van der Waals surface area contributed by atoms with Gasteiger partial charge in [-0.15, -0.1) is 0 Å². The van der Waals surface area contributed by atoms with Crippen molar-refractivity contribution in [2.75, 3.05) is 37.0 Å². The largest absolute Gasteiger partial charge is 0.310 e. The van der Waals surface area contributed by atoms with Gasteiger partial charge in [0.2, 0.25) is 11.9 Å². The summed E-state index contributed by atoms with van der Waals surface area (Å²) < 4.78 is 0. The number of carbonyl (C=O) groups excluding carboxylic acids is 1. The lowest BCUT2D eigenvalue weighted by atomic mass is 10.0. The molecule has 31 heavy (non-hydrogen) atoms. The third kappa shape index (κ3) is 4.31. The first-order chi connectivity index (χ1) is 14.7. The van der Waals surface area contributed by atoms with Crippen LogP contribution in [0.15, 0.2) is 12.1 Å². The van der Waals surface area contributed by atoms with Crippen molar-refractivity contribution in [3.8, 4) is 0 Å². The zero-order chi connectivity index (χ0) is 22.9. The maximum atomic E-state index is 13.3. The number of carbonyl (C=O) groups is 1. The summed E-state index contributed by atoms with van der Waals surface area (Å²) in [5.74, 6) is 1.56. The van der Waals surface area contributed by atoms with Crippen LogP contribution in [-0.2, 0) is 4.79 Å². The maximum absolute atomic E-state index is 13.3. The normalized spacial score (nSPS) is 15.7. The van der Waals surface area contributed by atoms with Gasteiger partial charge >= 0.3 is 0 Å². The Labute approximate surface area is 187 Å². The highest BCUT2D eigenvalue weighted by Crippen LogP contribution is 2.41. The summed E-state index contributed by atoms with van der Waals surface area (Å²) >= 11 is 0. The molecular formula is C25H37N5O. The van der Waals surface area contributed by atoms with E-state index in [0.29, 0.717) is 12.5 Å². The molecule has 0 spiro atoms. The van der Waals surface area contributed by atoms with Crippen molar-refractivity contribution >= 4 is 23.4 Å². The molecule has 3 rings (SSSR count). The van der Waals surface area contributed by atoms with Gasteiger partial charge in [-0.3, -0.25) is 14.6 Å². The minimum atomic E-state index is -0.316. The standard InChI is InChI=1S/C25H37N5O/c1-9-11-12-13-30-23-20(22(24(30)31)28(7)8)19(6)26-25(27-23)29(10-2)21-17(4)14-16(3)15-18(21)5/h14-15,22H,9-13H2,1-8H3. The highest BCUT2D eigenvalue weighted by Gasteiger charge is 2.42. The van der Waals surface area contributed by atoms with Gasteiger partial charge < -0.3 is 4.90 Å². The van der Waals surface area contributed by atoms with Crippen LogP contribution in [0.25, 0.3) is 0 Å². The van der Waals surface area contributed by atoms with Crippen molar-refractivity contribution in [1.82, 2.24) is 14.9 Å². The number of likely N-dealkylation sites (N-methyl/N-ethyl adjacent to an activating group) is 1. The van der Waals surface area contributed by atoms with Crippen molar-refractivity contribution in [3.05, 3.63) is 40.1 Å². The summed E-state index contributed by atoms with van der Waals surface area (Å²) in [4.78, 5) is 29.3. The van der Waals surface area contributed by atoms with Gasteiger partial charge in [-0.25, -0.2) is 4.98 Å². The van der Waals surface area contributed by atoms with Gasteiger partial charge in [0.05, 0.1) is 5.69 Å². The molecule has 6 nitrogen and oxygen atoms in total. The van der Waals surface area contributed by atoms with Crippen molar-refractivity contribution in [3.63, 3.8) is 0 Å². The molecule has 6 heteroatoms. The second kappa shape index (κ2) is 9.35. The Hall–Kier alpha value is -2.47. The Balaban J connectivity index is 2.13. The number of fused-ring (bicyclic) bond motifs is 1. The van der Waals surface area contributed by atoms with E-state index < -0.39 is 0 Å². The molecule has 0 saturated carbocycles. The quantitative estimate of drug-likeness (QED) is 0.559. The van der Waals surface area contributed by atoms with E-state index in [-0.39, 0.29) is 11.9 Å². The highest BCUT2D eigenvalue weighted by molar-refractivity contribution is 6.04. The number of aromatic nitrogens is 2. The summed E-state index contributed by atoms with van der Waals surface area (Å²) in [5, 5.41) is 0. The molecule has 0 bridgehead atoms. The van der Waals surface area contributed by atoms with Crippen molar-refractivity contribution in [1.29, 1.82) is 0 Å². The Morgan fingerprint density at radius 2 is 1.65 bits per heavy atom. The smallest absolute Gasteiger partial charge is 0.250 e. The van der Waals surface area contributed by atoms with Crippen LogP contribution in [0, 0.1) is 27.7 Å². The van der Waals surface area contributed by atoms with Crippen LogP contribution in [0.3, 0.4) is 0 Å². The van der Waals surface area contributed by atoms with E-state index in [4.69, 9.17) is 9.97 Å². The fourth-order valence-corrected chi connectivity index (χ4v) is 4.79. The third-order valence-electron chi connectivity index (χ3n) is 6.10. The number of aryl methyl sites for hydroxylation is 4. The minimum Gasteiger partial charge on any atom is -0.310 e. The highest BCUT2D eigenvalue weighted by atomic mass is 16.2. The number of benzene rings is 1. The predicted molar refractivity (Wildman–Crippen MR) is 128 cm³/mol. The van der Waals surface area contributed by atoms with E-state index in [0.717, 1.165) is 48.6 Å². The SMILES string of the molecule is CCCCCN1C(=O)C(N(C)C)c2c(C)nc(N(CC)c3c(C)cc(C)cc3C)nc21. The molecule has 2 heterocycles. The number of amides is 1. The van der Waals surface area contributed by atoms with E-state index >= 15 is 0 Å². The van der Waals surface area contributed by atoms with E-state index in [2.05, 4.69) is 51.7 Å². The molecule has 2 aromatic rings. The summed E-state index contributed by atoms with van der Waals surface area (Å²) in [6, 6.07) is 4.09. The third-order valence-corrected chi connectivity index (χ3v) is 6.10. The molecule has 1 aromatic carbocycles. The summed E-state index contributed by atoms with van der Waals surface area (Å²) in [5.41, 5.74) is 6.65. The van der Waals surface area contributed by atoms with Crippen LogP contribution >= 0.6 is 0 Å². The number of hydrogen-bond donors (Lipinski definition) is 0. The van der Waals surface area contributed by atoms with Gasteiger partial charge in [0, 0.05) is 24.3 Å². The lowest BCUT2D eigenvalue weighted by Gasteiger charge is -2.27. The zero-order valence-corrected chi connectivity index (χ0v) is 20.4. The number of hydrogen-bond acceptors (Lipinski definition) is 5. The van der Waals surface area contributed by atoms with Crippen LogP contribution in [0.1, 0.15) is 67.1 Å². The molecular weight excluding hydrogens is 386 g/mol. The van der Waals surface area contributed by atoms with Gasteiger partial charge in [0.1, 0.15) is 11.9 Å². The molecule has 0 N–H and O–H groups in total. The topological polar surface area (TPSA) is 52.6 Å². The number of unbranched alkanes of at least 4 members (excludes halogenated alkanes) is 2. The first kappa shape index (κ1) is 23.2. The average Bonchev–Trinajstić information content (AvgIpc) is 2.97. The second-order valence-corrected chi connectivity index (χ2v) is 8.90. The van der Waals surface area contributed by atoms with Gasteiger partial charge in [-0.05, 0) is 66.3 Å². The number of rotatable bonds is 8. The molecule has 168 valence electrons. The first-order valence-corrected chi connectivity index (χ1v) is 11.4. The van der Waals surface area contributed by atoms with Crippen LogP contribution in [0.2, 0.25) is 0 Å². The molecule has 0 saturated heterocycles. The summed E-state index contributed by atoms with van der Waals surface area (Å²) in [6.07, 6.45) is 3.20. The van der Waals surface area contributed by atoms with Crippen LogP contribution in [0.5, 0.6) is 0 Å². The summed E-state index contributed by atoms with van der Waals surface area (Å²) in [7, 11) is 3.90. The zero-order valence-electron chi connectivity index (χ0n) is 20.4. The lowest BCUT2D eigenvalue weighted by molar-refractivity contribution is -0.122. The average molecular weight is 424 g/mol. The molecule has 1 aliphatic heterocycles. The second-order valence-electron chi connectivity index (χ2n) is 8.90. The van der Waals surface area contributed by atoms with Crippen molar-refractivity contribution in [2.45, 2.75) is 66.8 Å². The van der Waals surface area contributed by atoms with Crippen molar-refractivity contribution < 1.29 is 4.79 Å². The Morgan fingerprint density at radius 1 is 1.00 bits per heavy atom. The Morgan fingerprint density at radius 3 is 2.19 bits per heavy atom. The molecule has 0 aliphatic carbocycles. The van der Waals surface area contributed by atoms with Crippen molar-refractivity contribution in [2.24, 2.45) is 0 Å². The minimum absolute atomic E-state index is 0.108. The number of nitrogens with zero attached hydrogens (tertiary/aromatic N) is 5. The van der Waals surface area contributed by atoms with Gasteiger partial charge in [0.15, 0.2) is 0 Å². The first-order valence-electron chi connectivity index (χ1n) is 11.4. The Kier molecular flexibility index (Phi) is 6.99. The van der Waals surface area contributed by atoms with Crippen LogP contribution in [-0.4, -0.2) is 48.0 Å². The molecule has 1 atom stereocenters. The molecule has 1 unspecified atom stereocenters. The van der Waals surface area contributed by atoms with Crippen LogP contribution < -0.4 is 9.80 Å². The monoisotopic (exact) mass is 423 g/mol. The predicted octanol–water partition coefficient (Wildman–Crippen LogP) is 5.01. The van der Waals surface area contributed by atoms with Gasteiger partial charge in [-0.1, -0.05) is 37.5 Å². The van der Waals surface area contributed by atoms with E-state index in [1.807, 2.05) is 30.8 Å². The summed E-state index contributed by atoms with van der Waals surface area (Å²) in [6.45, 7) is 14.2. The van der Waals surface area contributed by atoms with E-state index in [1.54, 1.807) is 0 Å². The van der Waals surface area contributed by atoms with E-state index in [1.165, 1.54) is 16.7 Å².